The molecule has 5 nitrogen and oxygen atoms in total. The van der Waals surface area contributed by atoms with Crippen LogP contribution in [-0.2, 0) is 4.79 Å². The molecule has 0 spiro atoms. The van der Waals surface area contributed by atoms with Gasteiger partial charge in [-0.2, -0.15) is 0 Å². The maximum absolute atomic E-state index is 13.7. The van der Waals surface area contributed by atoms with Gasteiger partial charge in [0.05, 0.1) is 29.0 Å². The third kappa shape index (κ3) is 4.12. The van der Waals surface area contributed by atoms with Gasteiger partial charge in [-0.1, -0.05) is 53.6 Å². The first kappa shape index (κ1) is 22.4. The molecule has 2 atom stereocenters. The Bertz CT molecular complexity index is 1280. The molecule has 0 saturated carbocycles. The number of phenolic OH excluding ortho intramolecular Hbond substituents is 1. The predicted molar refractivity (Wildman–Crippen MR) is 136 cm³/mol. The Hall–Kier alpha value is -3.44. The van der Waals surface area contributed by atoms with Gasteiger partial charge in [0.2, 0.25) is 0 Å². The van der Waals surface area contributed by atoms with Crippen molar-refractivity contribution in [1.29, 1.82) is 0 Å². The minimum atomic E-state index is -0.435. The SMILES string of the molecule is CCOc1cc([C@H]2Nc3ccccc3NC3=C2C(=O)C[C@H](c2ccc(C)cc2)C3)cc(Cl)c1O. The molecule has 3 aromatic carbocycles. The standard InChI is InChI=1S/C28H27ClN2O3/c1-3-34-25-15-19(12-20(29)28(25)33)27-26-23(30-21-6-4-5-7-22(21)31-27)13-18(14-24(26)32)17-10-8-16(2)9-11-17/h4-12,15,18,27,30-31,33H,3,13-14H2,1-2H3/t18-,27-/m1/s1. The van der Waals surface area contributed by atoms with Crippen LogP contribution in [0.25, 0.3) is 0 Å². The molecule has 3 aromatic rings. The second kappa shape index (κ2) is 9.07. The van der Waals surface area contributed by atoms with Gasteiger partial charge < -0.3 is 20.5 Å². The zero-order valence-electron chi connectivity index (χ0n) is 19.2. The van der Waals surface area contributed by atoms with E-state index >= 15 is 0 Å². The lowest BCUT2D eigenvalue weighted by Crippen LogP contribution is -2.27. The van der Waals surface area contributed by atoms with E-state index in [1.54, 1.807) is 12.1 Å². The number of aryl methyl sites for hydroxylation is 1. The average molecular weight is 475 g/mol. The summed E-state index contributed by atoms with van der Waals surface area (Å²) in [4.78, 5) is 13.7. The highest BCUT2D eigenvalue weighted by molar-refractivity contribution is 6.32. The molecule has 0 aromatic heterocycles. The number of nitrogens with one attached hydrogen (secondary N) is 2. The molecular weight excluding hydrogens is 448 g/mol. The van der Waals surface area contributed by atoms with Crippen LogP contribution in [0.15, 0.2) is 71.9 Å². The van der Waals surface area contributed by atoms with Crippen LogP contribution < -0.4 is 15.4 Å². The van der Waals surface area contributed by atoms with E-state index in [2.05, 4.69) is 41.8 Å². The molecule has 5 rings (SSSR count). The van der Waals surface area contributed by atoms with Crippen LogP contribution in [0.3, 0.4) is 0 Å². The van der Waals surface area contributed by atoms with Crippen molar-refractivity contribution in [1.82, 2.24) is 0 Å². The van der Waals surface area contributed by atoms with Gasteiger partial charge in [0.25, 0.3) is 0 Å². The van der Waals surface area contributed by atoms with Crippen LogP contribution in [0.1, 0.15) is 48.4 Å². The molecular formula is C28H27ClN2O3. The van der Waals surface area contributed by atoms with E-state index in [9.17, 15) is 9.90 Å². The number of rotatable bonds is 4. The van der Waals surface area contributed by atoms with Gasteiger partial charge in [0.1, 0.15) is 0 Å². The second-order valence-corrected chi connectivity index (χ2v) is 9.27. The number of hydrogen-bond acceptors (Lipinski definition) is 5. The lowest BCUT2D eigenvalue weighted by atomic mass is 9.78. The second-order valence-electron chi connectivity index (χ2n) is 8.86. The molecule has 34 heavy (non-hydrogen) atoms. The molecule has 1 aliphatic heterocycles. The van der Waals surface area contributed by atoms with Gasteiger partial charge in [-0.05, 0) is 61.6 Å². The van der Waals surface area contributed by atoms with Gasteiger partial charge >= 0.3 is 0 Å². The summed E-state index contributed by atoms with van der Waals surface area (Å²) in [6.07, 6.45) is 1.16. The number of carbonyl (C=O) groups is 1. The Morgan fingerprint density at radius 2 is 1.76 bits per heavy atom. The van der Waals surface area contributed by atoms with E-state index in [0.717, 1.165) is 29.1 Å². The molecule has 0 radical (unpaired) electrons. The van der Waals surface area contributed by atoms with Crippen LogP contribution in [0.2, 0.25) is 5.02 Å². The van der Waals surface area contributed by atoms with Crippen molar-refractivity contribution in [3.63, 3.8) is 0 Å². The van der Waals surface area contributed by atoms with Crippen LogP contribution in [0, 0.1) is 6.92 Å². The highest BCUT2D eigenvalue weighted by Crippen LogP contribution is 2.46. The first-order chi connectivity index (χ1) is 16.4. The molecule has 6 heteroatoms. The lowest BCUT2D eigenvalue weighted by Gasteiger charge is -2.30. The first-order valence-corrected chi connectivity index (χ1v) is 11.9. The molecule has 0 bridgehead atoms. The van der Waals surface area contributed by atoms with Crippen LogP contribution >= 0.6 is 11.6 Å². The minimum absolute atomic E-state index is 0.0896. The summed E-state index contributed by atoms with van der Waals surface area (Å²) in [6.45, 7) is 4.30. The summed E-state index contributed by atoms with van der Waals surface area (Å²) >= 11 is 6.37. The number of halogens is 1. The summed E-state index contributed by atoms with van der Waals surface area (Å²) in [5, 5.41) is 17.6. The fourth-order valence-corrected chi connectivity index (χ4v) is 5.06. The number of hydrogen-bond donors (Lipinski definition) is 3. The van der Waals surface area contributed by atoms with E-state index < -0.39 is 6.04 Å². The average Bonchev–Trinajstić information content (AvgIpc) is 2.99. The first-order valence-electron chi connectivity index (χ1n) is 11.5. The highest BCUT2D eigenvalue weighted by Gasteiger charge is 2.36. The predicted octanol–water partition coefficient (Wildman–Crippen LogP) is 6.73. The zero-order chi connectivity index (χ0) is 23.8. The molecule has 1 heterocycles. The van der Waals surface area contributed by atoms with Crippen molar-refractivity contribution < 1.29 is 14.6 Å². The highest BCUT2D eigenvalue weighted by atomic mass is 35.5. The number of Topliss-reactive ketones (excluding diaryl/α,β-unsaturated/α-hetero) is 1. The van der Waals surface area contributed by atoms with E-state index in [4.69, 9.17) is 16.3 Å². The molecule has 0 saturated heterocycles. The Balaban J connectivity index is 1.62. The summed E-state index contributed by atoms with van der Waals surface area (Å²) in [7, 11) is 0. The lowest BCUT2D eigenvalue weighted by molar-refractivity contribution is -0.116. The maximum atomic E-state index is 13.7. The Morgan fingerprint density at radius 3 is 2.50 bits per heavy atom. The van der Waals surface area contributed by atoms with Crippen molar-refractivity contribution in [3.8, 4) is 11.5 Å². The zero-order valence-corrected chi connectivity index (χ0v) is 19.9. The monoisotopic (exact) mass is 474 g/mol. The van der Waals surface area contributed by atoms with Crippen LogP contribution in [0.4, 0.5) is 11.4 Å². The molecule has 0 fully saturated rings. The Morgan fingerprint density at radius 1 is 1.03 bits per heavy atom. The quantitative estimate of drug-likeness (QED) is 0.391. The van der Waals surface area contributed by atoms with Crippen molar-refractivity contribution in [3.05, 3.63) is 93.6 Å². The van der Waals surface area contributed by atoms with Crippen molar-refractivity contribution in [2.24, 2.45) is 0 Å². The third-order valence-corrected chi connectivity index (χ3v) is 6.83. The van der Waals surface area contributed by atoms with E-state index in [0.29, 0.717) is 24.4 Å². The number of benzene rings is 3. The minimum Gasteiger partial charge on any atom is -0.503 e. The normalized spacial score (nSPS) is 19.4. The van der Waals surface area contributed by atoms with E-state index in [1.807, 2.05) is 31.2 Å². The number of allylic oxidation sites excluding steroid dienone is 1. The largest absolute Gasteiger partial charge is 0.503 e. The summed E-state index contributed by atoms with van der Waals surface area (Å²) in [6, 6.07) is 19.4. The molecule has 1 aliphatic carbocycles. The van der Waals surface area contributed by atoms with E-state index in [1.165, 1.54) is 11.1 Å². The van der Waals surface area contributed by atoms with Crippen molar-refractivity contribution in [2.75, 3.05) is 17.2 Å². The summed E-state index contributed by atoms with van der Waals surface area (Å²) < 4.78 is 5.62. The smallest absolute Gasteiger partial charge is 0.176 e. The van der Waals surface area contributed by atoms with Crippen molar-refractivity contribution in [2.45, 2.75) is 38.6 Å². The number of para-hydroxylation sites is 2. The van der Waals surface area contributed by atoms with Gasteiger partial charge in [0, 0.05) is 17.7 Å². The van der Waals surface area contributed by atoms with Gasteiger partial charge in [-0.25, -0.2) is 0 Å². The topological polar surface area (TPSA) is 70.6 Å². The molecule has 2 aliphatic rings. The Labute approximate surface area is 204 Å². The van der Waals surface area contributed by atoms with Crippen molar-refractivity contribution >= 4 is 28.8 Å². The van der Waals surface area contributed by atoms with E-state index in [-0.39, 0.29) is 22.5 Å². The number of aromatic hydroxyl groups is 1. The third-order valence-electron chi connectivity index (χ3n) is 6.54. The summed E-state index contributed by atoms with van der Waals surface area (Å²) in [5.41, 5.74) is 6.55. The molecule has 3 N–H and O–H groups in total. The molecule has 0 amide bonds. The van der Waals surface area contributed by atoms with Crippen LogP contribution in [-0.4, -0.2) is 17.5 Å². The van der Waals surface area contributed by atoms with Gasteiger partial charge in [-0.3, -0.25) is 4.79 Å². The number of carbonyl (C=O) groups excluding carboxylic acids is 1. The molecule has 174 valence electrons. The number of ether oxygens (including phenoxy) is 1. The molecule has 0 unspecified atom stereocenters. The fraction of sp³-hybridized carbons (Fsp3) is 0.250. The maximum Gasteiger partial charge on any atom is 0.176 e. The Kier molecular flexibility index (Phi) is 5.96. The van der Waals surface area contributed by atoms with Gasteiger partial charge in [-0.15, -0.1) is 0 Å². The summed E-state index contributed by atoms with van der Waals surface area (Å²) in [5.74, 6) is 0.405. The number of anilines is 2. The number of fused-ring (bicyclic) bond motifs is 1. The van der Waals surface area contributed by atoms with Crippen LogP contribution in [0.5, 0.6) is 11.5 Å². The fourth-order valence-electron chi connectivity index (χ4n) is 4.84. The van der Waals surface area contributed by atoms with Gasteiger partial charge in [0.15, 0.2) is 17.3 Å². The number of ketones is 1. The number of phenols is 1.